The van der Waals surface area contributed by atoms with Crippen LogP contribution in [0, 0.1) is 11.3 Å². The minimum atomic E-state index is -0.982. The first kappa shape index (κ1) is 9.55. The van der Waals surface area contributed by atoms with Gasteiger partial charge in [-0.25, -0.2) is 4.79 Å². The van der Waals surface area contributed by atoms with Crippen LogP contribution in [0.15, 0.2) is 11.4 Å². The highest BCUT2D eigenvalue weighted by Gasteiger charge is 2.09. The third-order valence-corrected chi connectivity index (χ3v) is 2.18. The Morgan fingerprint density at radius 3 is 3.00 bits per heavy atom. The first-order chi connectivity index (χ1) is 6.13. The van der Waals surface area contributed by atoms with E-state index >= 15 is 0 Å². The number of carboxylic acid groups (broad SMARTS) is 1. The van der Waals surface area contributed by atoms with Gasteiger partial charge in [0, 0.05) is 11.4 Å². The molecule has 0 saturated carbocycles. The largest absolute Gasteiger partial charge is 0.477 e. The van der Waals surface area contributed by atoms with Crippen LogP contribution in [0.1, 0.15) is 16.6 Å². The van der Waals surface area contributed by atoms with Crippen molar-refractivity contribution < 1.29 is 14.6 Å². The molecule has 0 aliphatic carbocycles. The van der Waals surface area contributed by atoms with Crippen molar-refractivity contribution in [1.29, 1.82) is 5.26 Å². The molecule has 0 aromatic carbocycles. The molecule has 0 spiro atoms. The molecule has 4 nitrogen and oxygen atoms in total. The minimum absolute atomic E-state index is 0.208. The molecule has 1 aromatic heterocycles. The van der Waals surface area contributed by atoms with Crippen LogP contribution in [-0.4, -0.2) is 17.2 Å². The van der Waals surface area contributed by atoms with E-state index in [4.69, 9.17) is 15.1 Å². The maximum Gasteiger partial charge on any atom is 0.346 e. The van der Waals surface area contributed by atoms with Crippen molar-refractivity contribution >= 4 is 17.3 Å². The number of thiophene rings is 1. The topological polar surface area (TPSA) is 70.3 Å². The van der Waals surface area contributed by atoms with Gasteiger partial charge in [0.2, 0.25) is 0 Å². The van der Waals surface area contributed by atoms with Gasteiger partial charge in [0.25, 0.3) is 0 Å². The van der Waals surface area contributed by atoms with Crippen LogP contribution in [0.25, 0.3) is 0 Å². The average Bonchev–Trinajstić information content (AvgIpc) is 2.52. The number of carbonyl (C=O) groups is 1. The maximum absolute atomic E-state index is 10.5. The summed E-state index contributed by atoms with van der Waals surface area (Å²) in [5.74, 6) is -0.555. The number of rotatable bonds is 3. The van der Waals surface area contributed by atoms with Crippen molar-refractivity contribution in [1.82, 2.24) is 0 Å². The van der Waals surface area contributed by atoms with Crippen LogP contribution >= 0.6 is 11.3 Å². The zero-order chi connectivity index (χ0) is 9.84. The van der Waals surface area contributed by atoms with Crippen LogP contribution in [0.3, 0.4) is 0 Å². The summed E-state index contributed by atoms with van der Waals surface area (Å²) >= 11 is 1.08. The molecule has 1 heterocycles. The first-order valence-corrected chi connectivity index (χ1v) is 4.39. The van der Waals surface area contributed by atoms with Crippen LogP contribution in [0.4, 0.5) is 0 Å². The van der Waals surface area contributed by atoms with Gasteiger partial charge in [0.15, 0.2) is 6.10 Å². The molecule has 0 fully saturated rings. The summed E-state index contributed by atoms with van der Waals surface area (Å²) in [5.41, 5.74) is 0. The predicted octanol–water partition coefficient (Wildman–Crippen LogP) is 1.74. The molecule has 1 rings (SSSR count). The van der Waals surface area contributed by atoms with Gasteiger partial charge in [-0.1, -0.05) is 0 Å². The second-order valence-corrected chi connectivity index (χ2v) is 3.25. The Morgan fingerprint density at radius 2 is 2.54 bits per heavy atom. The lowest BCUT2D eigenvalue weighted by Crippen LogP contribution is -2.07. The van der Waals surface area contributed by atoms with E-state index in [0.717, 1.165) is 11.3 Å². The fourth-order valence-corrected chi connectivity index (χ4v) is 1.37. The second-order valence-electron chi connectivity index (χ2n) is 2.34. The molecule has 13 heavy (non-hydrogen) atoms. The van der Waals surface area contributed by atoms with Crippen LogP contribution in [0.2, 0.25) is 0 Å². The number of nitriles is 1. The number of hydrogen-bond donors (Lipinski definition) is 1. The molecular formula is C8H7NO3S. The van der Waals surface area contributed by atoms with Crippen molar-refractivity contribution in [2.45, 2.75) is 13.0 Å². The van der Waals surface area contributed by atoms with Crippen molar-refractivity contribution in [2.75, 3.05) is 0 Å². The monoisotopic (exact) mass is 197 g/mol. The smallest absolute Gasteiger partial charge is 0.346 e. The molecule has 0 aliphatic rings. The van der Waals surface area contributed by atoms with Crippen molar-refractivity contribution in [3.8, 4) is 11.8 Å². The minimum Gasteiger partial charge on any atom is -0.477 e. The van der Waals surface area contributed by atoms with Gasteiger partial charge in [0.05, 0.1) is 0 Å². The lowest BCUT2D eigenvalue weighted by molar-refractivity contribution is 0.0701. The number of aromatic carboxylic acids is 1. The van der Waals surface area contributed by atoms with E-state index in [1.54, 1.807) is 12.3 Å². The Bertz CT molecular complexity index is 353. The number of carboxylic acids is 1. The number of nitrogens with zero attached hydrogens (tertiary/aromatic N) is 1. The summed E-state index contributed by atoms with van der Waals surface area (Å²) in [6.07, 6.45) is -0.559. The van der Waals surface area contributed by atoms with Gasteiger partial charge in [-0.2, -0.15) is 5.26 Å². The normalized spacial score (nSPS) is 11.7. The van der Waals surface area contributed by atoms with Crippen molar-refractivity contribution in [3.05, 3.63) is 16.3 Å². The third kappa shape index (κ3) is 2.46. The molecular weight excluding hydrogens is 190 g/mol. The molecule has 68 valence electrons. The number of ether oxygens (including phenoxy) is 1. The fourth-order valence-electron chi connectivity index (χ4n) is 0.723. The lowest BCUT2D eigenvalue weighted by atomic mass is 10.4. The van der Waals surface area contributed by atoms with Gasteiger partial charge in [0.1, 0.15) is 16.7 Å². The summed E-state index contributed by atoms with van der Waals surface area (Å²) in [7, 11) is 0. The fraction of sp³-hybridized carbons (Fsp3) is 0.250. The van der Waals surface area contributed by atoms with Gasteiger partial charge >= 0.3 is 5.97 Å². The average molecular weight is 197 g/mol. The number of hydrogen-bond acceptors (Lipinski definition) is 4. The molecule has 0 radical (unpaired) electrons. The molecule has 0 aliphatic heterocycles. The van der Waals surface area contributed by atoms with E-state index < -0.39 is 12.1 Å². The highest BCUT2D eigenvalue weighted by Crippen LogP contribution is 2.22. The third-order valence-electron chi connectivity index (χ3n) is 1.28. The highest BCUT2D eigenvalue weighted by atomic mass is 32.1. The molecule has 1 N–H and O–H groups in total. The molecule has 1 unspecified atom stereocenters. The van der Waals surface area contributed by atoms with Crippen molar-refractivity contribution in [3.63, 3.8) is 0 Å². The van der Waals surface area contributed by atoms with E-state index in [-0.39, 0.29) is 4.88 Å². The standard InChI is InChI=1S/C8H7NO3S/c1-5(3-9)12-6-2-7(8(10)11)13-4-6/h2,4-5H,1H3,(H,10,11). The van der Waals surface area contributed by atoms with E-state index in [1.165, 1.54) is 6.07 Å². The quantitative estimate of drug-likeness (QED) is 0.801. The van der Waals surface area contributed by atoms with Gasteiger partial charge < -0.3 is 9.84 Å². The molecule has 5 heteroatoms. The molecule has 0 saturated heterocycles. The summed E-state index contributed by atoms with van der Waals surface area (Å²) in [6, 6.07) is 3.29. The van der Waals surface area contributed by atoms with Gasteiger partial charge in [-0.05, 0) is 6.92 Å². The Kier molecular flexibility index (Phi) is 2.88. The Labute approximate surface area is 79.0 Å². The van der Waals surface area contributed by atoms with E-state index in [2.05, 4.69) is 0 Å². The van der Waals surface area contributed by atoms with Gasteiger partial charge in [-0.3, -0.25) is 0 Å². The first-order valence-electron chi connectivity index (χ1n) is 3.51. The highest BCUT2D eigenvalue weighted by molar-refractivity contribution is 7.12. The molecule has 0 bridgehead atoms. The van der Waals surface area contributed by atoms with Crippen LogP contribution in [-0.2, 0) is 0 Å². The predicted molar refractivity (Wildman–Crippen MR) is 47.0 cm³/mol. The van der Waals surface area contributed by atoms with Crippen LogP contribution < -0.4 is 4.74 Å². The van der Waals surface area contributed by atoms with Gasteiger partial charge in [-0.15, -0.1) is 11.3 Å². The van der Waals surface area contributed by atoms with Crippen molar-refractivity contribution in [2.24, 2.45) is 0 Å². The van der Waals surface area contributed by atoms with Crippen LogP contribution in [0.5, 0.6) is 5.75 Å². The summed E-state index contributed by atoms with van der Waals surface area (Å²) < 4.78 is 5.08. The van der Waals surface area contributed by atoms with E-state index in [9.17, 15) is 4.79 Å². The summed E-state index contributed by atoms with van der Waals surface area (Å²) in [5, 5.41) is 18.6. The maximum atomic E-state index is 10.5. The molecule has 1 aromatic rings. The lowest BCUT2D eigenvalue weighted by Gasteiger charge is -2.02. The Hall–Kier alpha value is -1.54. The zero-order valence-corrected chi connectivity index (χ0v) is 7.67. The Morgan fingerprint density at radius 1 is 1.85 bits per heavy atom. The SMILES string of the molecule is CC(C#N)Oc1csc(C(=O)O)c1. The zero-order valence-electron chi connectivity index (χ0n) is 6.85. The molecule has 1 atom stereocenters. The summed E-state index contributed by atoms with van der Waals surface area (Å²) in [6.45, 7) is 1.60. The Balaban J connectivity index is 2.70. The molecule has 0 amide bonds. The van der Waals surface area contributed by atoms with E-state index in [0.29, 0.717) is 5.75 Å². The van der Waals surface area contributed by atoms with E-state index in [1.807, 2.05) is 6.07 Å². The summed E-state index contributed by atoms with van der Waals surface area (Å²) in [4.78, 5) is 10.7. The second kappa shape index (κ2) is 3.92.